The van der Waals surface area contributed by atoms with Gasteiger partial charge < -0.3 is 10.0 Å². The number of halogens is 3. The first kappa shape index (κ1) is 22.1. The Kier molecular flexibility index (Phi) is 5.56. The molecule has 2 aliphatic heterocycles. The molecule has 31 heavy (non-hydrogen) atoms. The van der Waals surface area contributed by atoms with Crippen molar-refractivity contribution in [3.63, 3.8) is 0 Å². The topological polar surface area (TPSA) is 65.8 Å². The number of rotatable bonds is 4. The number of amidine groups is 1. The lowest BCUT2D eigenvalue weighted by molar-refractivity contribution is -0.131. The van der Waals surface area contributed by atoms with Gasteiger partial charge in [0, 0.05) is 17.5 Å². The van der Waals surface area contributed by atoms with E-state index in [1.807, 2.05) is 38.7 Å². The van der Waals surface area contributed by atoms with Crippen LogP contribution in [0.5, 0.6) is 0 Å². The number of fused-ring (bicyclic) bond motifs is 1. The van der Waals surface area contributed by atoms with Crippen molar-refractivity contribution in [1.82, 2.24) is 9.88 Å². The molecule has 3 heterocycles. The van der Waals surface area contributed by atoms with Crippen LogP contribution in [0.15, 0.2) is 46.1 Å². The largest absolute Gasteiger partial charge is 0.477 e. The van der Waals surface area contributed by atoms with Gasteiger partial charge in [0.05, 0.1) is 11.1 Å². The van der Waals surface area contributed by atoms with Crippen LogP contribution in [0.1, 0.15) is 43.5 Å². The minimum atomic E-state index is -1.00. The molecule has 162 valence electrons. The van der Waals surface area contributed by atoms with Crippen molar-refractivity contribution in [2.24, 2.45) is 10.9 Å². The predicted octanol–water partition coefficient (Wildman–Crippen LogP) is 6.16. The Morgan fingerprint density at radius 1 is 1.32 bits per heavy atom. The van der Waals surface area contributed by atoms with Crippen molar-refractivity contribution in [2.75, 3.05) is 0 Å². The molecule has 0 radical (unpaired) electrons. The molecule has 0 aliphatic carbocycles. The minimum Gasteiger partial charge on any atom is -0.477 e. The highest BCUT2D eigenvalue weighted by Crippen LogP contribution is 2.56. The number of allylic oxidation sites excluding steroid dienone is 1. The summed E-state index contributed by atoms with van der Waals surface area (Å²) < 4.78 is 14.6. The molecule has 1 aromatic heterocycles. The first-order chi connectivity index (χ1) is 14.5. The van der Waals surface area contributed by atoms with Crippen molar-refractivity contribution >= 4 is 46.1 Å². The third-order valence-electron chi connectivity index (χ3n) is 5.67. The summed E-state index contributed by atoms with van der Waals surface area (Å²) in [6.45, 7) is 7.68. The van der Waals surface area contributed by atoms with Gasteiger partial charge in [-0.2, -0.15) is 0 Å². The summed E-state index contributed by atoms with van der Waals surface area (Å²) in [6.07, 6.45) is 1.66. The number of benzene rings is 1. The molecule has 2 atom stereocenters. The molecule has 4 rings (SSSR count). The van der Waals surface area contributed by atoms with Crippen LogP contribution in [-0.4, -0.2) is 26.1 Å². The molecule has 2 aliphatic rings. The van der Waals surface area contributed by atoms with Gasteiger partial charge in [-0.25, -0.2) is 19.2 Å². The van der Waals surface area contributed by atoms with Crippen LogP contribution in [0.3, 0.4) is 0 Å². The Morgan fingerprint density at radius 2 is 2.03 bits per heavy atom. The van der Waals surface area contributed by atoms with Crippen molar-refractivity contribution in [3.05, 3.63) is 73.7 Å². The summed E-state index contributed by atoms with van der Waals surface area (Å²) in [7, 11) is 0. The normalized spacial score (nSPS) is 22.9. The lowest BCUT2D eigenvalue weighted by atomic mass is 9.80. The Bertz CT molecular complexity index is 1150. The van der Waals surface area contributed by atoms with E-state index in [9.17, 15) is 14.3 Å². The van der Waals surface area contributed by atoms with Crippen LogP contribution in [-0.2, 0) is 10.3 Å². The number of nitrogens with zero attached hydrogens (tertiary/aromatic N) is 3. The van der Waals surface area contributed by atoms with E-state index in [4.69, 9.17) is 28.2 Å². The summed E-state index contributed by atoms with van der Waals surface area (Å²) in [5, 5.41) is 10.8. The number of aliphatic imine (C=N–C) groups is 1. The zero-order valence-electron chi connectivity index (χ0n) is 17.3. The Morgan fingerprint density at radius 3 is 2.61 bits per heavy atom. The fraction of sp³-hybridized carbons (Fsp3) is 0.318. The number of carboxylic acid groups (broad SMARTS) is 1. The smallest absolute Gasteiger partial charge is 0.344 e. The van der Waals surface area contributed by atoms with E-state index in [2.05, 4.69) is 4.98 Å². The van der Waals surface area contributed by atoms with E-state index < -0.39 is 23.4 Å². The second-order valence-electron chi connectivity index (χ2n) is 8.08. The molecule has 0 bridgehead atoms. The van der Waals surface area contributed by atoms with Gasteiger partial charge in [0.1, 0.15) is 21.4 Å². The number of carbonyl (C=O) groups is 1. The molecular formula is C22H20Cl2FN3O2S. The van der Waals surface area contributed by atoms with E-state index in [0.717, 1.165) is 22.9 Å². The minimum absolute atomic E-state index is 0.0388. The summed E-state index contributed by atoms with van der Waals surface area (Å²) in [6, 6.07) is 6.05. The number of pyridine rings is 1. The molecule has 0 amide bonds. The fourth-order valence-corrected chi connectivity index (χ4v) is 5.81. The van der Waals surface area contributed by atoms with E-state index >= 15 is 0 Å². The number of thioether (sulfide) groups is 1. The number of hydrogen-bond donors (Lipinski definition) is 1. The Balaban J connectivity index is 1.98. The maximum atomic E-state index is 14.6. The van der Waals surface area contributed by atoms with Gasteiger partial charge in [-0.05, 0) is 60.9 Å². The van der Waals surface area contributed by atoms with Gasteiger partial charge >= 0.3 is 5.97 Å². The standard InChI is InChI=1S/C22H20Cl2FN3O2S/c1-10(2)17-18(20(29)30)31-21-27-22(4,12-5-6-16(24)26-9-12)19(28(17)21)13-8-15(25)14(23)7-11(13)3/h5-10,19H,1-4H3,(H,29,30). The monoisotopic (exact) mass is 479 g/mol. The Hall–Kier alpha value is -2.09. The highest BCUT2D eigenvalue weighted by atomic mass is 35.5. The van der Waals surface area contributed by atoms with Gasteiger partial charge in [-0.15, -0.1) is 0 Å². The maximum absolute atomic E-state index is 14.6. The van der Waals surface area contributed by atoms with Crippen molar-refractivity contribution < 1.29 is 14.3 Å². The average Bonchev–Trinajstić information content (AvgIpc) is 3.18. The van der Waals surface area contributed by atoms with E-state index in [-0.39, 0.29) is 15.8 Å². The molecular weight excluding hydrogens is 460 g/mol. The first-order valence-corrected chi connectivity index (χ1v) is 11.2. The van der Waals surface area contributed by atoms with Crippen LogP contribution in [0.25, 0.3) is 0 Å². The van der Waals surface area contributed by atoms with Crippen LogP contribution in [0, 0.1) is 18.7 Å². The molecule has 5 nitrogen and oxygen atoms in total. The van der Waals surface area contributed by atoms with Gasteiger partial charge in [0.15, 0.2) is 5.17 Å². The highest BCUT2D eigenvalue weighted by Gasteiger charge is 2.53. The predicted molar refractivity (Wildman–Crippen MR) is 122 cm³/mol. The van der Waals surface area contributed by atoms with Crippen LogP contribution in [0.2, 0.25) is 10.2 Å². The van der Waals surface area contributed by atoms with E-state index in [0.29, 0.717) is 21.6 Å². The zero-order valence-corrected chi connectivity index (χ0v) is 19.6. The SMILES string of the molecule is Cc1cc(Cl)c(F)cc1C1N2C(=NC1(C)c1ccc(Cl)nc1)SC(C(=O)O)=C2C(C)C. The highest BCUT2D eigenvalue weighted by molar-refractivity contribution is 8.18. The van der Waals surface area contributed by atoms with Crippen molar-refractivity contribution in [3.8, 4) is 0 Å². The molecule has 2 unspecified atom stereocenters. The third kappa shape index (κ3) is 3.52. The molecule has 0 fully saturated rings. The molecule has 2 aromatic rings. The second-order valence-corrected chi connectivity index (χ2v) is 9.86. The third-order valence-corrected chi connectivity index (χ3v) is 7.24. The lowest BCUT2D eigenvalue weighted by Gasteiger charge is -2.37. The number of aliphatic carboxylic acids is 1. The molecule has 0 saturated heterocycles. The van der Waals surface area contributed by atoms with Gasteiger partial charge in [-0.3, -0.25) is 0 Å². The zero-order chi connectivity index (χ0) is 22.7. The first-order valence-electron chi connectivity index (χ1n) is 9.66. The summed E-state index contributed by atoms with van der Waals surface area (Å²) in [4.78, 5) is 23.3. The van der Waals surface area contributed by atoms with Gasteiger partial charge in [0.2, 0.25) is 0 Å². The maximum Gasteiger partial charge on any atom is 0.344 e. The Labute approximate surface area is 194 Å². The van der Waals surface area contributed by atoms with Crippen LogP contribution >= 0.6 is 35.0 Å². The molecule has 9 heteroatoms. The van der Waals surface area contributed by atoms with Crippen LogP contribution < -0.4 is 0 Å². The van der Waals surface area contributed by atoms with Gasteiger partial charge in [0.25, 0.3) is 0 Å². The number of aromatic nitrogens is 1. The quantitative estimate of drug-likeness (QED) is 0.531. The second kappa shape index (κ2) is 7.80. The number of carboxylic acids is 1. The summed E-state index contributed by atoms with van der Waals surface area (Å²) in [5.41, 5.74) is 2.07. The number of hydrogen-bond acceptors (Lipinski definition) is 5. The summed E-state index contributed by atoms with van der Waals surface area (Å²) >= 11 is 13.1. The van der Waals surface area contributed by atoms with Crippen molar-refractivity contribution in [2.45, 2.75) is 39.3 Å². The molecule has 0 spiro atoms. The fourth-order valence-electron chi connectivity index (χ4n) is 4.23. The van der Waals surface area contributed by atoms with Gasteiger partial charge in [-0.1, -0.05) is 43.1 Å². The molecule has 1 aromatic carbocycles. The van der Waals surface area contributed by atoms with E-state index in [1.165, 1.54) is 6.07 Å². The summed E-state index contributed by atoms with van der Waals surface area (Å²) in [5.74, 6) is -1.62. The number of aryl methyl sites for hydroxylation is 1. The lowest BCUT2D eigenvalue weighted by Crippen LogP contribution is -2.36. The van der Waals surface area contributed by atoms with Crippen molar-refractivity contribution in [1.29, 1.82) is 0 Å². The molecule has 1 N–H and O–H groups in total. The molecule has 0 saturated carbocycles. The van der Waals surface area contributed by atoms with E-state index in [1.54, 1.807) is 18.3 Å². The van der Waals surface area contributed by atoms with Crippen LogP contribution in [0.4, 0.5) is 4.39 Å². The average molecular weight is 480 g/mol.